The van der Waals surface area contributed by atoms with E-state index in [-0.39, 0.29) is 29.5 Å². The molecule has 2 fully saturated rings. The molecule has 2 saturated carbocycles. The number of carbonyl (C=O) groups excluding carboxylic acids is 3. The number of allylic oxidation sites excluding steroid dienone is 2. The average molecular weight is 451 g/mol. The Bertz CT molecular complexity index is 667. The van der Waals surface area contributed by atoms with Gasteiger partial charge in [-0.05, 0) is 44.9 Å². The van der Waals surface area contributed by atoms with Crippen molar-refractivity contribution in [2.24, 2.45) is 23.2 Å². The minimum absolute atomic E-state index is 0.0295. The van der Waals surface area contributed by atoms with Gasteiger partial charge in [0, 0.05) is 31.1 Å². The summed E-state index contributed by atoms with van der Waals surface area (Å²) in [5, 5.41) is 9.21. The first-order chi connectivity index (χ1) is 15.2. The first-order valence-electron chi connectivity index (χ1n) is 12.2. The van der Waals surface area contributed by atoms with E-state index in [0.29, 0.717) is 31.5 Å². The van der Waals surface area contributed by atoms with E-state index in [0.717, 1.165) is 44.9 Å². The third-order valence-corrected chi connectivity index (χ3v) is 7.08. The van der Waals surface area contributed by atoms with Gasteiger partial charge in [-0.3, -0.25) is 19.2 Å². The van der Waals surface area contributed by atoms with E-state index in [1.165, 1.54) is 13.5 Å². The molecule has 6 nitrogen and oxygen atoms in total. The van der Waals surface area contributed by atoms with Crippen molar-refractivity contribution in [2.75, 3.05) is 7.11 Å². The van der Waals surface area contributed by atoms with Gasteiger partial charge < -0.3 is 9.84 Å². The highest BCUT2D eigenvalue weighted by Gasteiger charge is 2.49. The Morgan fingerprint density at radius 1 is 1.09 bits per heavy atom. The quantitative estimate of drug-likeness (QED) is 0.252. The summed E-state index contributed by atoms with van der Waals surface area (Å²) in [4.78, 5) is 45.8. The summed E-state index contributed by atoms with van der Waals surface area (Å²) in [6.45, 7) is 5.94. The molecule has 1 N–H and O–H groups in total. The summed E-state index contributed by atoms with van der Waals surface area (Å²) in [5.74, 6) is -0.593. The second kappa shape index (κ2) is 14.2. The van der Waals surface area contributed by atoms with E-state index >= 15 is 0 Å². The molecule has 182 valence electrons. The summed E-state index contributed by atoms with van der Waals surface area (Å²) in [6, 6.07) is 0. The monoisotopic (exact) mass is 450 g/mol. The van der Waals surface area contributed by atoms with Gasteiger partial charge in [0.25, 0.3) is 0 Å². The fourth-order valence-corrected chi connectivity index (χ4v) is 4.85. The number of methoxy groups -OCH3 is 1. The van der Waals surface area contributed by atoms with Crippen LogP contribution in [0.15, 0.2) is 12.2 Å². The molecule has 0 amide bonds. The normalized spacial score (nSPS) is 27.4. The van der Waals surface area contributed by atoms with Crippen molar-refractivity contribution in [2.45, 2.75) is 97.8 Å². The van der Waals surface area contributed by atoms with Crippen molar-refractivity contribution in [1.29, 1.82) is 0 Å². The predicted molar refractivity (Wildman–Crippen MR) is 124 cm³/mol. The summed E-state index contributed by atoms with van der Waals surface area (Å²) in [6.07, 6.45) is 13.8. The molecule has 2 unspecified atom stereocenters. The molecule has 2 aliphatic rings. The van der Waals surface area contributed by atoms with Crippen molar-refractivity contribution in [1.82, 2.24) is 0 Å². The second-order valence-electron chi connectivity index (χ2n) is 9.36. The van der Waals surface area contributed by atoms with Gasteiger partial charge in [0.1, 0.15) is 11.6 Å². The van der Waals surface area contributed by atoms with Gasteiger partial charge in [-0.15, -0.1) is 0 Å². The van der Waals surface area contributed by atoms with E-state index in [4.69, 9.17) is 0 Å². The summed E-state index contributed by atoms with van der Waals surface area (Å²) >= 11 is 0. The van der Waals surface area contributed by atoms with Crippen molar-refractivity contribution in [3.05, 3.63) is 12.2 Å². The first kappa shape index (κ1) is 28.1. The molecule has 32 heavy (non-hydrogen) atoms. The Kier molecular flexibility index (Phi) is 12.5. The number of ketones is 2. The number of carboxylic acids is 1. The van der Waals surface area contributed by atoms with Gasteiger partial charge in [-0.1, -0.05) is 51.7 Å². The highest BCUT2D eigenvalue weighted by molar-refractivity contribution is 5.92. The third kappa shape index (κ3) is 8.18. The molecule has 0 bridgehead atoms. The molecule has 0 aromatic heterocycles. The zero-order chi connectivity index (χ0) is 24.1. The van der Waals surface area contributed by atoms with Crippen LogP contribution in [-0.4, -0.2) is 35.7 Å². The van der Waals surface area contributed by atoms with Crippen LogP contribution >= 0.6 is 0 Å². The van der Waals surface area contributed by atoms with Crippen molar-refractivity contribution >= 4 is 23.5 Å². The molecule has 0 heterocycles. The van der Waals surface area contributed by atoms with Gasteiger partial charge in [0.2, 0.25) is 0 Å². The number of esters is 1. The molecule has 0 radical (unpaired) electrons. The average Bonchev–Trinajstić information content (AvgIpc) is 3.26. The Hall–Kier alpha value is -1.98. The highest BCUT2D eigenvalue weighted by atomic mass is 16.5. The topological polar surface area (TPSA) is 97.7 Å². The largest absolute Gasteiger partial charge is 0.481 e. The lowest BCUT2D eigenvalue weighted by atomic mass is 9.77. The number of hydrogen-bond donors (Lipinski definition) is 1. The minimum Gasteiger partial charge on any atom is -0.481 e. The number of rotatable bonds is 11. The number of hydrogen-bond acceptors (Lipinski definition) is 5. The lowest BCUT2D eigenvalue weighted by molar-refractivity contribution is -0.151. The minimum atomic E-state index is -0.807. The molecule has 0 spiro atoms. The van der Waals surface area contributed by atoms with Crippen LogP contribution in [0.2, 0.25) is 0 Å². The van der Waals surface area contributed by atoms with Gasteiger partial charge in [-0.2, -0.15) is 0 Å². The second-order valence-corrected chi connectivity index (χ2v) is 9.36. The fraction of sp³-hybridized carbons (Fsp3) is 0.769. The molecule has 6 heteroatoms. The van der Waals surface area contributed by atoms with Gasteiger partial charge >= 0.3 is 11.9 Å². The Morgan fingerprint density at radius 3 is 2.41 bits per heavy atom. The SMILES string of the molecule is CC/C=C\C[C@H]1C(=O)CC[C@@H]1CC(=O)OC.CCCCCCC1C(=O)CCC1(C)C(=O)O. The summed E-state index contributed by atoms with van der Waals surface area (Å²) < 4.78 is 4.65. The molecule has 2 aliphatic carbocycles. The van der Waals surface area contributed by atoms with E-state index in [1.807, 2.05) is 0 Å². The fourth-order valence-electron chi connectivity index (χ4n) is 4.85. The smallest absolute Gasteiger partial charge is 0.310 e. The van der Waals surface area contributed by atoms with Crippen molar-refractivity contribution < 1.29 is 29.0 Å². The summed E-state index contributed by atoms with van der Waals surface area (Å²) in [5.41, 5.74) is -0.802. The van der Waals surface area contributed by atoms with Crippen LogP contribution in [0.3, 0.4) is 0 Å². The lowest BCUT2D eigenvalue weighted by Crippen LogP contribution is -2.33. The molecular formula is C26H42O6. The summed E-state index contributed by atoms with van der Waals surface area (Å²) in [7, 11) is 1.39. The highest BCUT2D eigenvalue weighted by Crippen LogP contribution is 2.43. The molecule has 0 aromatic carbocycles. The number of Topliss-reactive ketones (excluding diaryl/α,β-unsaturated/α-hetero) is 2. The lowest BCUT2D eigenvalue weighted by Gasteiger charge is -2.25. The van der Waals surface area contributed by atoms with Gasteiger partial charge in [0.05, 0.1) is 12.5 Å². The van der Waals surface area contributed by atoms with Gasteiger partial charge in [0.15, 0.2) is 0 Å². The number of aliphatic carboxylic acids is 1. The van der Waals surface area contributed by atoms with Crippen LogP contribution in [0, 0.1) is 23.2 Å². The first-order valence-corrected chi connectivity index (χ1v) is 12.2. The zero-order valence-corrected chi connectivity index (χ0v) is 20.4. The number of carbonyl (C=O) groups is 4. The van der Waals surface area contributed by atoms with Crippen LogP contribution in [0.1, 0.15) is 97.8 Å². The zero-order valence-electron chi connectivity index (χ0n) is 20.4. The Balaban J connectivity index is 0.000000320. The van der Waals surface area contributed by atoms with Crippen LogP contribution < -0.4 is 0 Å². The number of ether oxygens (including phenoxy) is 1. The molecule has 0 aromatic rings. The standard InChI is InChI=1S/C13H20O3.C13H22O3/c1-3-4-5-6-11-10(7-8-12(11)14)9-13(15)16-2;1-3-4-5-6-7-10-11(14)8-9-13(10,2)12(15)16/h4-5,10-11H,3,6-9H2,1-2H3;10H,3-9H2,1-2H3,(H,15,16)/b5-4-;/t10-,11-;/m1./s1. The number of carboxylic acid groups (broad SMARTS) is 1. The molecule has 0 saturated heterocycles. The van der Waals surface area contributed by atoms with E-state index in [9.17, 15) is 24.3 Å². The van der Waals surface area contributed by atoms with E-state index in [1.54, 1.807) is 6.92 Å². The van der Waals surface area contributed by atoms with Crippen LogP contribution in [0.5, 0.6) is 0 Å². The third-order valence-electron chi connectivity index (χ3n) is 7.08. The van der Waals surface area contributed by atoms with Gasteiger partial charge in [-0.25, -0.2) is 0 Å². The van der Waals surface area contributed by atoms with Crippen molar-refractivity contribution in [3.63, 3.8) is 0 Å². The molecule has 4 atom stereocenters. The van der Waals surface area contributed by atoms with Crippen LogP contribution in [-0.2, 0) is 23.9 Å². The molecular weight excluding hydrogens is 408 g/mol. The predicted octanol–water partition coefficient (Wildman–Crippen LogP) is 5.53. The van der Waals surface area contributed by atoms with Crippen LogP contribution in [0.25, 0.3) is 0 Å². The molecule has 2 rings (SSSR count). The van der Waals surface area contributed by atoms with E-state index in [2.05, 4.69) is 30.7 Å². The van der Waals surface area contributed by atoms with Crippen LogP contribution in [0.4, 0.5) is 0 Å². The van der Waals surface area contributed by atoms with Crippen molar-refractivity contribution in [3.8, 4) is 0 Å². The molecule has 0 aliphatic heterocycles. The Labute approximate surface area is 193 Å². The maximum absolute atomic E-state index is 11.7. The van der Waals surface area contributed by atoms with E-state index < -0.39 is 11.4 Å². The maximum Gasteiger partial charge on any atom is 0.310 e. The number of unbranched alkanes of at least 4 members (excludes halogenated alkanes) is 3. The maximum atomic E-state index is 11.7. The Morgan fingerprint density at radius 2 is 1.81 bits per heavy atom.